The SMILES string of the molecule is CCN(C(=O)c1cc(Br)cnc1NC)C(C)COC. The Bertz CT molecular complexity index is 440. The zero-order chi connectivity index (χ0) is 14.4. The molecule has 0 spiro atoms. The number of amides is 1. The molecule has 1 heterocycles. The van der Waals surface area contributed by atoms with Crippen LogP contribution in [0.5, 0.6) is 0 Å². The Morgan fingerprint density at radius 2 is 2.32 bits per heavy atom. The number of rotatable bonds is 6. The molecule has 5 nitrogen and oxygen atoms in total. The van der Waals surface area contributed by atoms with Crippen molar-refractivity contribution in [1.29, 1.82) is 0 Å². The lowest BCUT2D eigenvalue weighted by atomic mass is 10.2. The van der Waals surface area contributed by atoms with Crippen molar-refractivity contribution in [3.8, 4) is 0 Å². The van der Waals surface area contributed by atoms with Gasteiger partial charge in [-0.05, 0) is 35.8 Å². The van der Waals surface area contributed by atoms with E-state index < -0.39 is 0 Å². The molecule has 1 unspecified atom stereocenters. The van der Waals surface area contributed by atoms with Crippen molar-refractivity contribution in [3.05, 3.63) is 22.3 Å². The van der Waals surface area contributed by atoms with Crippen LogP contribution in [0.3, 0.4) is 0 Å². The molecule has 0 saturated heterocycles. The van der Waals surface area contributed by atoms with Gasteiger partial charge >= 0.3 is 0 Å². The zero-order valence-electron chi connectivity index (χ0n) is 11.7. The van der Waals surface area contributed by atoms with Gasteiger partial charge in [-0.3, -0.25) is 4.79 Å². The molecule has 1 atom stereocenters. The minimum atomic E-state index is -0.0507. The fourth-order valence-electron chi connectivity index (χ4n) is 1.94. The Morgan fingerprint density at radius 1 is 1.63 bits per heavy atom. The van der Waals surface area contributed by atoms with Gasteiger partial charge in [-0.15, -0.1) is 0 Å². The molecule has 0 radical (unpaired) electrons. The first-order valence-electron chi connectivity index (χ1n) is 6.18. The lowest BCUT2D eigenvalue weighted by Crippen LogP contribution is -2.41. The molecule has 1 amide bonds. The van der Waals surface area contributed by atoms with Gasteiger partial charge in [-0.25, -0.2) is 4.98 Å². The number of nitrogens with zero attached hydrogens (tertiary/aromatic N) is 2. The molecule has 1 aromatic heterocycles. The summed E-state index contributed by atoms with van der Waals surface area (Å²) >= 11 is 3.35. The van der Waals surface area contributed by atoms with Crippen LogP contribution in [0.4, 0.5) is 5.82 Å². The van der Waals surface area contributed by atoms with E-state index in [1.165, 1.54) is 0 Å². The lowest BCUT2D eigenvalue weighted by molar-refractivity contribution is 0.0580. The molecule has 0 fully saturated rings. The predicted octanol–water partition coefficient (Wildman–Crippen LogP) is 2.38. The van der Waals surface area contributed by atoms with Crippen molar-refractivity contribution in [2.45, 2.75) is 19.9 Å². The average Bonchev–Trinajstić information content (AvgIpc) is 2.39. The van der Waals surface area contributed by atoms with Gasteiger partial charge in [-0.1, -0.05) is 0 Å². The Morgan fingerprint density at radius 3 is 2.84 bits per heavy atom. The monoisotopic (exact) mass is 329 g/mol. The fraction of sp³-hybridized carbons (Fsp3) is 0.538. The van der Waals surface area contributed by atoms with Crippen LogP contribution < -0.4 is 5.32 Å². The molecule has 0 aliphatic rings. The molecule has 1 rings (SSSR count). The van der Waals surface area contributed by atoms with Crippen molar-refractivity contribution >= 4 is 27.7 Å². The average molecular weight is 330 g/mol. The highest BCUT2D eigenvalue weighted by atomic mass is 79.9. The fourth-order valence-corrected chi connectivity index (χ4v) is 2.27. The summed E-state index contributed by atoms with van der Waals surface area (Å²) in [6.45, 7) is 5.05. The number of ether oxygens (including phenoxy) is 1. The zero-order valence-corrected chi connectivity index (χ0v) is 13.3. The van der Waals surface area contributed by atoms with Crippen molar-refractivity contribution < 1.29 is 9.53 Å². The summed E-state index contributed by atoms with van der Waals surface area (Å²) in [6.07, 6.45) is 1.66. The maximum absolute atomic E-state index is 12.6. The first kappa shape index (κ1) is 15.9. The molecule has 0 aliphatic carbocycles. The molecule has 0 bridgehead atoms. The highest BCUT2D eigenvalue weighted by Crippen LogP contribution is 2.20. The third-order valence-corrected chi connectivity index (χ3v) is 3.30. The molecule has 0 aromatic carbocycles. The highest BCUT2D eigenvalue weighted by molar-refractivity contribution is 9.10. The topological polar surface area (TPSA) is 54.5 Å². The number of pyridine rings is 1. The number of anilines is 1. The second kappa shape index (κ2) is 7.45. The normalized spacial score (nSPS) is 12.1. The lowest BCUT2D eigenvalue weighted by Gasteiger charge is -2.28. The Labute approximate surface area is 122 Å². The second-order valence-electron chi connectivity index (χ2n) is 4.20. The molecule has 0 saturated carbocycles. The van der Waals surface area contributed by atoms with Crippen LogP contribution in [-0.2, 0) is 4.74 Å². The molecule has 6 heteroatoms. The van der Waals surface area contributed by atoms with Crippen LogP contribution in [0.15, 0.2) is 16.7 Å². The minimum Gasteiger partial charge on any atom is -0.383 e. The van der Waals surface area contributed by atoms with Gasteiger partial charge in [0, 0.05) is 31.4 Å². The number of nitrogens with one attached hydrogen (secondary N) is 1. The quantitative estimate of drug-likeness (QED) is 0.870. The van der Waals surface area contributed by atoms with Crippen molar-refractivity contribution in [1.82, 2.24) is 9.88 Å². The summed E-state index contributed by atoms with van der Waals surface area (Å²) in [5.74, 6) is 0.529. The first-order chi connectivity index (χ1) is 9.04. The van der Waals surface area contributed by atoms with E-state index in [2.05, 4.69) is 26.2 Å². The number of hydrogen-bond donors (Lipinski definition) is 1. The molecule has 1 aromatic rings. The first-order valence-corrected chi connectivity index (χ1v) is 6.97. The third kappa shape index (κ3) is 3.91. The van der Waals surface area contributed by atoms with Gasteiger partial charge in [0.25, 0.3) is 5.91 Å². The number of carbonyl (C=O) groups is 1. The summed E-state index contributed by atoms with van der Waals surface area (Å²) in [7, 11) is 3.39. The summed E-state index contributed by atoms with van der Waals surface area (Å²) in [5, 5.41) is 2.94. The minimum absolute atomic E-state index is 0.0196. The molecule has 0 aliphatic heterocycles. The van der Waals surface area contributed by atoms with Gasteiger partial charge in [0.05, 0.1) is 18.2 Å². The van der Waals surface area contributed by atoms with Crippen LogP contribution in [0.1, 0.15) is 24.2 Å². The smallest absolute Gasteiger partial charge is 0.257 e. The van der Waals surface area contributed by atoms with Crippen molar-refractivity contribution in [2.24, 2.45) is 0 Å². The van der Waals surface area contributed by atoms with E-state index in [-0.39, 0.29) is 11.9 Å². The van der Waals surface area contributed by atoms with E-state index in [9.17, 15) is 4.79 Å². The van der Waals surface area contributed by atoms with Crippen molar-refractivity contribution in [2.75, 3.05) is 32.6 Å². The van der Waals surface area contributed by atoms with E-state index >= 15 is 0 Å². The van der Waals surface area contributed by atoms with Crippen LogP contribution in [0.25, 0.3) is 0 Å². The van der Waals surface area contributed by atoms with Gasteiger partial charge in [0.15, 0.2) is 0 Å². The molecule has 106 valence electrons. The maximum atomic E-state index is 12.6. The van der Waals surface area contributed by atoms with E-state index in [0.29, 0.717) is 24.5 Å². The van der Waals surface area contributed by atoms with Crippen LogP contribution >= 0.6 is 15.9 Å². The Hall–Kier alpha value is -1.14. The van der Waals surface area contributed by atoms with E-state index in [4.69, 9.17) is 4.74 Å². The number of likely N-dealkylation sites (N-methyl/N-ethyl adjacent to an activating group) is 1. The summed E-state index contributed by atoms with van der Waals surface area (Å²) in [6, 6.07) is 1.80. The van der Waals surface area contributed by atoms with Gasteiger partial charge < -0.3 is 15.0 Å². The number of halogens is 1. The third-order valence-electron chi connectivity index (χ3n) is 2.86. The molecular formula is C13H20BrN3O2. The van der Waals surface area contributed by atoms with Crippen LogP contribution in [0.2, 0.25) is 0 Å². The summed E-state index contributed by atoms with van der Waals surface area (Å²) in [5.41, 5.74) is 0.557. The molecule has 1 N–H and O–H groups in total. The van der Waals surface area contributed by atoms with Gasteiger partial charge in [0.2, 0.25) is 0 Å². The molecule has 19 heavy (non-hydrogen) atoms. The van der Waals surface area contributed by atoms with Crippen LogP contribution in [0, 0.1) is 0 Å². The molecular weight excluding hydrogens is 310 g/mol. The number of carbonyl (C=O) groups excluding carboxylic acids is 1. The maximum Gasteiger partial charge on any atom is 0.257 e. The van der Waals surface area contributed by atoms with Gasteiger partial charge in [-0.2, -0.15) is 0 Å². The van der Waals surface area contributed by atoms with Crippen LogP contribution in [-0.4, -0.2) is 49.1 Å². The summed E-state index contributed by atoms with van der Waals surface area (Å²) < 4.78 is 5.90. The number of methoxy groups -OCH3 is 1. The summed E-state index contributed by atoms with van der Waals surface area (Å²) in [4.78, 5) is 18.6. The van der Waals surface area contributed by atoms with E-state index in [1.807, 2.05) is 13.8 Å². The Balaban J connectivity index is 3.06. The van der Waals surface area contributed by atoms with Crippen molar-refractivity contribution in [3.63, 3.8) is 0 Å². The number of aromatic nitrogens is 1. The highest BCUT2D eigenvalue weighted by Gasteiger charge is 2.22. The second-order valence-corrected chi connectivity index (χ2v) is 5.11. The van der Waals surface area contributed by atoms with Gasteiger partial charge in [0.1, 0.15) is 5.82 Å². The largest absolute Gasteiger partial charge is 0.383 e. The predicted molar refractivity (Wildman–Crippen MR) is 79.5 cm³/mol. The Kier molecular flexibility index (Phi) is 6.24. The van der Waals surface area contributed by atoms with E-state index in [1.54, 1.807) is 31.3 Å². The number of hydrogen-bond acceptors (Lipinski definition) is 4. The standard InChI is InChI=1S/C13H20BrN3O2/c1-5-17(9(2)8-19-4)13(18)11-6-10(14)7-16-12(11)15-3/h6-7,9H,5,8H2,1-4H3,(H,15,16). The van der Waals surface area contributed by atoms with E-state index in [0.717, 1.165) is 4.47 Å².